The first-order valence-electron chi connectivity index (χ1n) is 11.2. The number of halogens is 1. The van der Waals surface area contributed by atoms with Crippen LogP contribution in [0.1, 0.15) is 35.2 Å². The zero-order chi connectivity index (χ0) is 24.2. The minimum absolute atomic E-state index is 0.138. The molecule has 1 fully saturated rings. The van der Waals surface area contributed by atoms with Gasteiger partial charge in [0.2, 0.25) is 5.91 Å². The molecular formula is C27H26ClN3O2S. The summed E-state index contributed by atoms with van der Waals surface area (Å²) >= 11 is 11.9. The molecule has 0 saturated carbocycles. The normalized spacial score (nSPS) is 23.0. The molecule has 5 rings (SSSR count). The summed E-state index contributed by atoms with van der Waals surface area (Å²) in [6.45, 7) is 7.98. The maximum Gasteiger partial charge on any atom is 0.236 e. The van der Waals surface area contributed by atoms with E-state index in [-0.39, 0.29) is 11.9 Å². The van der Waals surface area contributed by atoms with E-state index in [1.54, 1.807) is 12.1 Å². The molecule has 0 radical (unpaired) electrons. The van der Waals surface area contributed by atoms with E-state index < -0.39 is 11.6 Å². The van der Waals surface area contributed by atoms with Crippen molar-refractivity contribution in [3.05, 3.63) is 87.9 Å². The summed E-state index contributed by atoms with van der Waals surface area (Å²) < 4.78 is 6.64. The summed E-state index contributed by atoms with van der Waals surface area (Å²) in [5.74, 6) is 0.00749. The number of fused-ring (bicyclic) bond motifs is 4. The lowest BCUT2D eigenvalue weighted by atomic mass is 9.78. The fraction of sp³-hybridized carbons (Fsp3) is 0.259. The molecule has 34 heavy (non-hydrogen) atoms. The Morgan fingerprint density at radius 3 is 2.44 bits per heavy atom. The van der Waals surface area contributed by atoms with E-state index >= 15 is 0 Å². The van der Waals surface area contributed by atoms with E-state index in [4.69, 9.17) is 28.6 Å². The van der Waals surface area contributed by atoms with Gasteiger partial charge in [0.05, 0.1) is 6.04 Å². The van der Waals surface area contributed by atoms with Crippen LogP contribution in [0, 0.1) is 26.7 Å². The highest BCUT2D eigenvalue weighted by atomic mass is 35.5. The molecule has 3 aromatic rings. The number of carbonyl (C=O) groups excluding carboxylic acids is 1. The zero-order valence-corrected chi connectivity index (χ0v) is 21.1. The van der Waals surface area contributed by atoms with Gasteiger partial charge in [0.1, 0.15) is 11.7 Å². The van der Waals surface area contributed by atoms with E-state index in [0.29, 0.717) is 10.1 Å². The molecule has 1 amide bonds. The van der Waals surface area contributed by atoms with Crippen molar-refractivity contribution in [2.75, 3.05) is 10.2 Å². The molecule has 0 aliphatic carbocycles. The first-order valence-corrected chi connectivity index (χ1v) is 12.0. The molecule has 2 N–H and O–H groups in total. The largest absolute Gasteiger partial charge is 0.467 e. The average molecular weight is 492 g/mol. The third-order valence-electron chi connectivity index (χ3n) is 6.66. The van der Waals surface area contributed by atoms with Crippen molar-refractivity contribution >= 4 is 46.2 Å². The molecule has 0 spiro atoms. The van der Waals surface area contributed by atoms with Crippen LogP contribution in [0.3, 0.4) is 0 Å². The fourth-order valence-electron chi connectivity index (χ4n) is 5.05. The summed E-state index contributed by atoms with van der Waals surface area (Å²) in [4.78, 5) is 15.8. The van der Waals surface area contributed by atoms with Crippen LogP contribution >= 0.6 is 23.8 Å². The Hall–Kier alpha value is -3.09. The van der Waals surface area contributed by atoms with E-state index in [1.807, 2.05) is 69.0 Å². The van der Waals surface area contributed by atoms with Gasteiger partial charge in [-0.2, -0.15) is 0 Å². The van der Waals surface area contributed by atoms with Gasteiger partial charge in [-0.25, -0.2) is 0 Å². The van der Waals surface area contributed by atoms with Gasteiger partial charge in [-0.15, -0.1) is 0 Å². The van der Waals surface area contributed by atoms with Crippen LogP contribution in [0.15, 0.2) is 60.7 Å². The van der Waals surface area contributed by atoms with Crippen molar-refractivity contribution in [2.45, 2.75) is 39.5 Å². The van der Waals surface area contributed by atoms with Gasteiger partial charge in [0.25, 0.3) is 0 Å². The second kappa shape index (κ2) is 8.29. The summed E-state index contributed by atoms with van der Waals surface area (Å²) in [7, 11) is 0. The number of ether oxygens (including phenoxy) is 1. The summed E-state index contributed by atoms with van der Waals surface area (Å²) in [5.41, 5.74) is 4.69. The van der Waals surface area contributed by atoms with E-state index in [0.717, 1.165) is 39.4 Å². The lowest BCUT2D eigenvalue weighted by molar-refractivity contribution is -0.130. The Morgan fingerprint density at radius 2 is 1.74 bits per heavy atom. The number of hydrogen-bond donors (Lipinski definition) is 2. The van der Waals surface area contributed by atoms with Gasteiger partial charge >= 0.3 is 0 Å². The van der Waals surface area contributed by atoms with Crippen LogP contribution in [-0.2, 0) is 4.79 Å². The van der Waals surface area contributed by atoms with E-state index in [1.165, 1.54) is 0 Å². The van der Waals surface area contributed by atoms with Gasteiger partial charge < -0.3 is 15.4 Å². The molecule has 0 aromatic heterocycles. The van der Waals surface area contributed by atoms with Gasteiger partial charge in [-0.3, -0.25) is 9.69 Å². The molecule has 0 unspecified atom stereocenters. The summed E-state index contributed by atoms with van der Waals surface area (Å²) in [6.07, 6.45) is 0. The highest BCUT2D eigenvalue weighted by Crippen LogP contribution is 2.50. The predicted molar refractivity (Wildman–Crippen MR) is 141 cm³/mol. The monoisotopic (exact) mass is 491 g/mol. The highest BCUT2D eigenvalue weighted by molar-refractivity contribution is 7.80. The van der Waals surface area contributed by atoms with Crippen LogP contribution in [0.4, 0.5) is 11.4 Å². The molecule has 2 aliphatic heterocycles. The quantitative estimate of drug-likeness (QED) is 0.436. The summed E-state index contributed by atoms with van der Waals surface area (Å²) in [5, 5.41) is 7.72. The number of benzene rings is 3. The van der Waals surface area contributed by atoms with E-state index in [9.17, 15) is 4.79 Å². The summed E-state index contributed by atoms with van der Waals surface area (Å²) in [6, 6.07) is 19.1. The Balaban J connectivity index is 1.63. The topological polar surface area (TPSA) is 53.6 Å². The highest BCUT2D eigenvalue weighted by Gasteiger charge is 2.59. The number of nitrogens with one attached hydrogen (secondary N) is 2. The molecular weight excluding hydrogens is 466 g/mol. The molecule has 5 nitrogen and oxygen atoms in total. The Labute approximate surface area is 210 Å². The minimum Gasteiger partial charge on any atom is -0.467 e. The molecule has 3 aromatic carbocycles. The second-order valence-electron chi connectivity index (χ2n) is 9.22. The molecule has 2 heterocycles. The second-order valence-corrected chi connectivity index (χ2v) is 10.0. The van der Waals surface area contributed by atoms with Crippen LogP contribution < -0.4 is 20.3 Å². The standard InChI is InChI=1S/C27H26ClN3O2S/c1-15-5-11-21(17(3)13-15)29-25(32)23-24-20-14-16(2)6-12-22(20)33-27(23,4)31(26(34)30-24)19-9-7-18(28)8-10-19/h5-14,23-24H,1-4H3,(H,29,32)(H,30,34)/t23-,24-,27+/m1/s1. The molecule has 1 saturated heterocycles. The first kappa shape index (κ1) is 22.7. The first-order chi connectivity index (χ1) is 16.2. The zero-order valence-electron chi connectivity index (χ0n) is 19.5. The number of hydrogen-bond acceptors (Lipinski definition) is 3. The van der Waals surface area contributed by atoms with Crippen LogP contribution in [0.5, 0.6) is 5.75 Å². The average Bonchev–Trinajstić information content (AvgIpc) is 2.77. The number of thiocarbonyl (C=S) groups is 1. The van der Waals surface area contributed by atoms with Gasteiger partial charge in [0.15, 0.2) is 10.8 Å². The Morgan fingerprint density at radius 1 is 1.06 bits per heavy atom. The van der Waals surface area contributed by atoms with Crippen molar-refractivity contribution in [1.29, 1.82) is 0 Å². The smallest absolute Gasteiger partial charge is 0.236 e. The fourth-order valence-corrected chi connectivity index (χ4v) is 5.59. The van der Waals surface area contributed by atoms with Crippen molar-refractivity contribution in [3.63, 3.8) is 0 Å². The Bertz CT molecular complexity index is 1310. The van der Waals surface area contributed by atoms with Crippen molar-refractivity contribution in [1.82, 2.24) is 5.32 Å². The lowest BCUT2D eigenvalue weighted by Crippen LogP contribution is -2.72. The number of carbonyl (C=O) groups is 1. The maximum absolute atomic E-state index is 13.9. The number of rotatable bonds is 3. The molecule has 2 bridgehead atoms. The van der Waals surface area contributed by atoms with Gasteiger partial charge in [-0.1, -0.05) is 47.0 Å². The third kappa shape index (κ3) is 3.71. The Kier molecular flexibility index (Phi) is 5.53. The van der Waals surface area contributed by atoms with Crippen molar-refractivity contribution in [3.8, 4) is 5.75 Å². The SMILES string of the molecule is Cc1ccc(NC(=O)[C@H]2[C@@H]3NC(=S)N(c4ccc(Cl)cc4)[C@@]2(C)Oc2ccc(C)cc23)c(C)c1. The molecule has 174 valence electrons. The molecule has 2 aliphatic rings. The van der Waals surface area contributed by atoms with Crippen LogP contribution in [0.25, 0.3) is 0 Å². The third-order valence-corrected chi connectivity index (χ3v) is 7.21. The van der Waals surface area contributed by atoms with Crippen molar-refractivity contribution in [2.24, 2.45) is 5.92 Å². The van der Waals surface area contributed by atoms with Crippen molar-refractivity contribution < 1.29 is 9.53 Å². The van der Waals surface area contributed by atoms with Gasteiger partial charge in [-0.05, 0) is 81.9 Å². The molecule has 7 heteroatoms. The van der Waals surface area contributed by atoms with Crippen LogP contribution in [-0.4, -0.2) is 16.7 Å². The maximum atomic E-state index is 13.9. The van der Waals surface area contributed by atoms with Crippen LogP contribution in [0.2, 0.25) is 5.02 Å². The number of nitrogens with zero attached hydrogens (tertiary/aromatic N) is 1. The lowest BCUT2D eigenvalue weighted by Gasteiger charge is -2.56. The number of amides is 1. The predicted octanol–water partition coefficient (Wildman–Crippen LogP) is 6.06. The molecule has 3 atom stereocenters. The minimum atomic E-state index is -1.06. The van der Waals surface area contributed by atoms with Gasteiger partial charge in [0, 0.05) is 22.0 Å². The number of aryl methyl sites for hydroxylation is 3. The van der Waals surface area contributed by atoms with E-state index in [2.05, 4.69) is 22.8 Å². The number of anilines is 2.